The maximum Gasteiger partial charge on any atom is 0.302 e. The van der Waals surface area contributed by atoms with Gasteiger partial charge >= 0.3 is 5.97 Å². The van der Waals surface area contributed by atoms with E-state index in [0.717, 1.165) is 25.9 Å². The quantitative estimate of drug-likeness (QED) is 0.620. The Bertz CT molecular complexity index is 821. The van der Waals surface area contributed by atoms with Crippen LogP contribution in [0.1, 0.15) is 57.6 Å². The first-order valence-electron chi connectivity index (χ1n) is 10.7. The summed E-state index contributed by atoms with van der Waals surface area (Å²) in [6.07, 6.45) is 6.01. The van der Waals surface area contributed by atoms with Gasteiger partial charge in [0, 0.05) is 26.1 Å². The number of hydrogen-bond acceptors (Lipinski definition) is 4. The third-order valence-corrected chi connectivity index (χ3v) is 6.29. The van der Waals surface area contributed by atoms with Crippen molar-refractivity contribution in [2.24, 2.45) is 0 Å². The van der Waals surface area contributed by atoms with Gasteiger partial charge in [-0.15, -0.1) is 12.4 Å². The fourth-order valence-corrected chi connectivity index (χ4v) is 4.98. The van der Waals surface area contributed by atoms with Crippen LogP contribution in [-0.2, 0) is 14.3 Å². The summed E-state index contributed by atoms with van der Waals surface area (Å²) in [6.45, 7) is 5.51. The molecule has 29 heavy (non-hydrogen) atoms. The molecule has 2 unspecified atom stereocenters. The molecule has 1 saturated heterocycles. The highest BCUT2D eigenvalue weighted by Gasteiger charge is 2.37. The number of likely N-dealkylation sites (tertiary alicyclic amines) is 1. The van der Waals surface area contributed by atoms with Gasteiger partial charge in [-0.1, -0.05) is 55.3 Å². The minimum absolute atomic E-state index is 0. The molecule has 0 aromatic heterocycles. The Hall–Kier alpha value is -1.62. The molecule has 0 bridgehead atoms. The zero-order valence-corrected chi connectivity index (χ0v) is 18.2. The van der Waals surface area contributed by atoms with Gasteiger partial charge < -0.3 is 9.47 Å². The molecule has 0 amide bonds. The molecule has 1 heterocycles. The Kier molecular flexibility index (Phi) is 7.55. The molecular formula is C24H32ClNO3. The Balaban J connectivity index is 0.00000240. The number of carbonyl (C=O) groups is 1. The van der Waals surface area contributed by atoms with E-state index in [1.54, 1.807) is 0 Å². The number of ether oxygens (including phenoxy) is 2. The number of rotatable bonds is 5. The molecule has 4 atom stereocenters. The number of halogens is 1. The molecule has 4 rings (SSSR count). The molecule has 2 aliphatic rings. The molecular weight excluding hydrogens is 386 g/mol. The van der Waals surface area contributed by atoms with E-state index >= 15 is 0 Å². The maximum absolute atomic E-state index is 11.3. The van der Waals surface area contributed by atoms with E-state index in [1.807, 2.05) is 0 Å². The molecule has 1 aliphatic heterocycles. The van der Waals surface area contributed by atoms with E-state index in [1.165, 1.54) is 42.5 Å². The van der Waals surface area contributed by atoms with Gasteiger partial charge in [0.25, 0.3) is 0 Å². The van der Waals surface area contributed by atoms with E-state index in [4.69, 9.17) is 9.47 Å². The van der Waals surface area contributed by atoms with Crippen molar-refractivity contribution in [1.29, 1.82) is 0 Å². The average molecular weight is 418 g/mol. The van der Waals surface area contributed by atoms with Crippen LogP contribution in [0.5, 0.6) is 0 Å². The highest BCUT2D eigenvalue weighted by atomic mass is 35.5. The normalized spacial score (nSPS) is 26.1. The molecule has 158 valence electrons. The fraction of sp³-hybridized carbons (Fsp3) is 0.542. The van der Waals surface area contributed by atoms with Gasteiger partial charge in [0.15, 0.2) is 0 Å². The van der Waals surface area contributed by atoms with E-state index in [0.29, 0.717) is 6.04 Å². The molecule has 0 spiro atoms. The van der Waals surface area contributed by atoms with Gasteiger partial charge in [0.2, 0.25) is 0 Å². The lowest BCUT2D eigenvalue weighted by Crippen LogP contribution is -2.46. The van der Waals surface area contributed by atoms with Gasteiger partial charge in [-0.25, -0.2) is 0 Å². The summed E-state index contributed by atoms with van der Waals surface area (Å²) in [5.74, 6) is -0.173. The van der Waals surface area contributed by atoms with Crippen molar-refractivity contribution < 1.29 is 14.3 Å². The maximum atomic E-state index is 11.3. The summed E-state index contributed by atoms with van der Waals surface area (Å²) in [4.78, 5) is 13.8. The second-order valence-corrected chi connectivity index (χ2v) is 8.25. The number of benzene rings is 2. The number of hydrogen-bond donors (Lipinski definition) is 0. The summed E-state index contributed by atoms with van der Waals surface area (Å²) >= 11 is 0. The highest BCUT2D eigenvalue weighted by Crippen LogP contribution is 2.34. The van der Waals surface area contributed by atoms with Crippen molar-refractivity contribution in [1.82, 2.24) is 4.90 Å². The Morgan fingerprint density at radius 2 is 1.83 bits per heavy atom. The van der Waals surface area contributed by atoms with E-state index in [9.17, 15) is 4.79 Å². The molecule has 0 N–H and O–H groups in total. The van der Waals surface area contributed by atoms with Crippen LogP contribution >= 0.6 is 12.4 Å². The predicted octanol–water partition coefficient (Wildman–Crippen LogP) is 5.29. The molecule has 1 saturated carbocycles. The lowest BCUT2D eigenvalue weighted by Gasteiger charge is -2.39. The van der Waals surface area contributed by atoms with Crippen molar-refractivity contribution in [2.45, 2.75) is 70.3 Å². The number of carbonyl (C=O) groups excluding carboxylic acids is 1. The predicted molar refractivity (Wildman–Crippen MR) is 118 cm³/mol. The van der Waals surface area contributed by atoms with E-state index in [-0.39, 0.29) is 36.7 Å². The Morgan fingerprint density at radius 1 is 1.07 bits per heavy atom. The minimum Gasteiger partial charge on any atom is -0.461 e. The molecule has 1 aliphatic carbocycles. The van der Waals surface area contributed by atoms with Gasteiger partial charge in [-0.2, -0.15) is 0 Å². The largest absolute Gasteiger partial charge is 0.461 e. The molecule has 4 nitrogen and oxygen atoms in total. The van der Waals surface area contributed by atoms with E-state index < -0.39 is 0 Å². The van der Waals surface area contributed by atoms with Gasteiger partial charge in [-0.3, -0.25) is 9.69 Å². The van der Waals surface area contributed by atoms with Crippen LogP contribution in [0.3, 0.4) is 0 Å². The summed E-state index contributed by atoms with van der Waals surface area (Å²) in [5.41, 5.74) is 1.27. The fourth-order valence-electron chi connectivity index (χ4n) is 4.98. The van der Waals surface area contributed by atoms with Gasteiger partial charge in [0.05, 0.1) is 12.2 Å². The Morgan fingerprint density at radius 3 is 2.66 bits per heavy atom. The molecule has 2 fully saturated rings. The lowest BCUT2D eigenvalue weighted by molar-refractivity contribution is -0.146. The summed E-state index contributed by atoms with van der Waals surface area (Å²) < 4.78 is 12.1. The van der Waals surface area contributed by atoms with Gasteiger partial charge in [-0.05, 0) is 42.5 Å². The second kappa shape index (κ2) is 9.92. The van der Waals surface area contributed by atoms with Crippen LogP contribution in [0.2, 0.25) is 0 Å². The minimum atomic E-state index is -0.173. The molecule has 2 aromatic carbocycles. The number of esters is 1. The first-order chi connectivity index (χ1) is 13.6. The van der Waals surface area contributed by atoms with Crippen LogP contribution < -0.4 is 0 Å². The monoisotopic (exact) mass is 417 g/mol. The van der Waals surface area contributed by atoms with Crippen molar-refractivity contribution >= 4 is 29.1 Å². The third-order valence-electron chi connectivity index (χ3n) is 6.29. The van der Waals surface area contributed by atoms with Crippen LogP contribution in [0.25, 0.3) is 10.8 Å². The van der Waals surface area contributed by atoms with E-state index in [2.05, 4.69) is 54.3 Å². The van der Waals surface area contributed by atoms with Crippen LogP contribution in [0.15, 0.2) is 42.5 Å². The van der Waals surface area contributed by atoms with Crippen molar-refractivity contribution in [3.63, 3.8) is 0 Å². The highest BCUT2D eigenvalue weighted by molar-refractivity contribution is 5.86. The van der Waals surface area contributed by atoms with Crippen LogP contribution in [0, 0.1) is 0 Å². The summed E-state index contributed by atoms with van der Waals surface area (Å²) in [7, 11) is 0. The number of nitrogens with zero attached hydrogens (tertiary/aromatic N) is 1. The summed E-state index contributed by atoms with van der Waals surface area (Å²) in [6, 6.07) is 15.4. The Labute approximate surface area is 180 Å². The molecule has 5 heteroatoms. The van der Waals surface area contributed by atoms with Crippen molar-refractivity contribution in [3.05, 3.63) is 48.0 Å². The SMILES string of the molecule is CC(=O)OC1CCN([C@H]2CCCC[C@@H]2OC(C)c2cccc3ccccc23)C1.Cl. The standard InChI is InChI=1S/C24H31NO3.ClH/c1-17(21-11-7-9-19-8-3-4-10-22(19)21)27-24-13-6-5-12-23(24)25-15-14-20(16-25)28-18(2)26;/h3-4,7-11,17,20,23-24H,5-6,12-16H2,1-2H3;1H/t17?,20?,23-,24-;/m0./s1. The molecule has 2 aromatic rings. The average Bonchev–Trinajstić information content (AvgIpc) is 3.15. The second-order valence-electron chi connectivity index (χ2n) is 8.25. The van der Waals surface area contributed by atoms with Crippen molar-refractivity contribution in [3.8, 4) is 0 Å². The van der Waals surface area contributed by atoms with Crippen molar-refractivity contribution in [2.75, 3.05) is 13.1 Å². The smallest absolute Gasteiger partial charge is 0.302 e. The zero-order chi connectivity index (χ0) is 19.5. The number of fused-ring (bicyclic) bond motifs is 1. The van der Waals surface area contributed by atoms with Gasteiger partial charge in [0.1, 0.15) is 6.10 Å². The third kappa shape index (κ3) is 5.11. The topological polar surface area (TPSA) is 38.8 Å². The first kappa shape index (κ1) is 22.1. The lowest BCUT2D eigenvalue weighted by atomic mass is 9.91. The van der Waals surface area contributed by atoms with Crippen LogP contribution in [0.4, 0.5) is 0 Å². The first-order valence-corrected chi connectivity index (χ1v) is 10.7. The molecule has 0 radical (unpaired) electrons. The van der Waals surface area contributed by atoms with Crippen LogP contribution in [-0.4, -0.2) is 42.2 Å². The summed E-state index contributed by atoms with van der Waals surface area (Å²) in [5, 5.41) is 2.54. The zero-order valence-electron chi connectivity index (χ0n) is 17.4.